The molecule has 0 bridgehead atoms. The Balaban J connectivity index is 3.16. The van der Waals surface area contributed by atoms with E-state index in [9.17, 15) is 39.0 Å². The lowest BCUT2D eigenvalue weighted by molar-refractivity contribution is -0.144. The van der Waals surface area contributed by atoms with Crippen LogP contribution < -0.4 is 27.4 Å². The fraction of sp³-hybridized carbons (Fsp3) is 0.429. The number of aromatic hydroxyl groups is 1. The van der Waals surface area contributed by atoms with Gasteiger partial charge in [0.15, 0.2) is 0 Å². The Hall–Kier alpha value is -4.24. The molecule has 11 N–H and O–H groups in total. The molecule has 1 rings (SSSR count). The molecule has 0 aromatic heterocycles. The number of primary amides is 1. The van der Waals surface area contributed by atoms with Gasteiger partial charge in [-0.25, -0.2) is 4.79 Å². The number of carboxylic acids is 2. The first kappa shape index (κ1) is 29.8. The Kier molecular flexibility index (Phi) is 11.3. The summed E-state index contributed by atoms with van der Waals surface area (Å²) in [5.41, 5.74) is 11.0. The van der Waals surface area contributed by atoms with E-state index in [0.29, 0.717) is 5.56 Å². The number of carbonyl (C=O) groups excluding carboxylic acids is 4. The Bertz CT molecular complexity index is 982. The summed E-state index contributed by atoms with van der Waals surface area (Å²) in [7, 11) is 0. The van der Waals surface area contributed by atoms with Crippen LogP contribution in [-0.2, 0) is 35.2 Å². The number of rotatable bonds is 14. The molecule has 0 aliphatic rings. The zero-order valence-corrected chi connectivity index (χ0v) is 19.2. The second-order valence-corrected chi connectivity index (χ2v) is 7.93. The summed E-state index contributed by atoms with van der Waals surface area (Å²) in [4.78, 5) is 71.6. The summed E-state index contributed by atoms with van der Waals surface area (Å²) in [6.45, 7) is 1.25. The zero-order valence-electron chi connectivity index (χ0n) is 19.2. The van der Waals surface area contributed by atoms with Gasteiger partial charge in [0.05, 0.1) is 18.9 Å². The number of phenolic OH excluding ortho intramolecular Hbond substituents is 1. The Morgan fingerprint density at radius 2 is 1.33 bits per heavy atom. The minimum absolute atomic E-state index is 0.0675. The van der Waals surface area contributed by atoms with Crippen molar-refractivity contribution in [1.29, 1.82) is 0 Å². The molecule has 5 unspecified atom stereocenters. The second kappa shape index (κ2) is 13.6. The van der Waals surface area contributed by atoms with Gasteiger partial charge in [-0.3, -0.25) is 24.0 Å². The van der Waals surface area contributed by atoms with Gasteiger partial charge in [-0.1, -0.05) is 12.1 Å². The fourth-order valence-corrected chi connectivity index (χ4v) is 2.89. The lowest BCUT2D eigenvalue weighted by atomic mass is 10.0. The predicted molar refractivity (Wildman–Crippen MR) is 121 cm³/mol. The normalized spacial score (nSPS) is 14.9. The smallest absolute Gasteiger partial charge is 0.326 e. The fourth-order valence-electron chi connectivity index (χ4n) is 2.89. The van der Waals surface area contributed by atoms with E-state index < -0.39 is 78.7 Å². The third-order valence-electron chi connectivity index (χ3n) is 4.86. The average molecular weight is 511 g/mol. The van der Waals surface area contributed by atoms with Gasteiger partial charge >= 0.3 is 11.9 Å². The third kappa shape index (κ3) is 9.94. The zero-order chi connectivity index (χ0) is 27.6. The van der Waals surface area contributed by atoms with E-state index in [1.54, 1.807) is 0 Å². The van der Waals surface area contributed by atoms with Crippen molar-refractivity contribution in [2.45, 2.75) is 56.5 Å². The van der Waals surface area contributed by atoms with Crippen molar-refractivity contribution in [2.24, 2.45) is 11.5 Å². The van der Waals surface area contributed by atoms with Crippen LogP contribution in [-0.4, -0.2) is 86.3 Å². The number of benzene rings is 1. The van der Waals surface area contributed by atoms with Crippen LogP contribution in [0.3, 0.4) is 0 Å². The van der Waals surface area contributed by atoms with Gasteiger partial charge in [0.25, 0.3) is 0 Å². The number of phenols is 1. The molecule has 0 heterocycles. The van der Waals surface area contributed by atoms with Crippen molar-refractivity contribution in [2.75, 3.05) is 0 Å². The number of hydrogen-bond acceptors (Lipinski definition) is 9. The molecule has 0 fully saturated rings. The molecular formula is C21H29N5O10. The maximum Gasteiger partial charge on any atom is 0.326 e. The highest BCUT2D eigenvalue weighted by atomic mass is 16.4. The van der Waals surface area contributed by atoms with Gasteiger partial charge in [-0.15, -0.1) is 0 Å². The van der Waals surface area contributed by atoms with Crippen LogP contribution in [0.25, 0.3) is 0 Å². The number of nitrogens with two attached hydrogens (primary N) is 2. The summed E-state index contributed by atoms with van der Waals surface area (Å²) in [6, 6.07) is -0.884. The summed E-state index contributed by atoms with van der Waals surface area (Å²) in [6.07, 6.45) is -3.21. The second-order valence-electron chi connectivity index (χ2n) is 7.93. The molecule has 5 atom stereocenters. The van der Waals surface area contributed by atoms with Gasteiger partial charge in [-0.05, 0) is 24.6 Å². The highest BCUT2D eigenvalue weighted by molar-refractivity contribution is 5.96. The minimum atomic E-state index is -1.80. The summed E-state index contributed by atoms with van der Waals surface area (Å²) >= 11 is 0. The quantitative estimate of drug-likeness (QED) is 0.118. The molecule has 36 heavy (non-hydrogen) atoms. The number of hydrogen-bond donors (Lipinski definition) is 9. The lowest BCUT2D eigenvalue weighted by Crippen LogP contribution is -2.59. The molecule has 1 aromatic rings. The Morgan fingerprint density at radius 3 is 1.81 bits per heavy atom. The van der Waals surface area contributed by atoms with Gasteiger partial charge in [0.1, 0.15) is 29.9 Å². The summed E-state index contributed by atoms with van der Waals surface area (Å²) in [5.74, 6) is -7.43. The van der Waals surface area contributed by atoms with E-state index in [4.69, 9.17) is 21.7 Å². The summed E-state index contributed by atoms with van der Waals surface area (Å²) < 4.78 is 0. The van der Waals surface area contributed by atoms with Crippen molar-refractivity contribution >= 4 is 35.6 Å². The molecule has 0 spiro atoms. The van der Waals surface area contributed by atoms with E-state index >= 15 is 0 Å². The number of nitrogens with one attached hydrogen (secondary N) is 3. The molecule has 15 heteroatoms. The number of aliphatic hydroxyl groups is 1. The van der Waals surface area contributed by atoms with E-state index in [1.807, 2.05) is 5.32 Å². The molecular weight excluding hydrogens is 482 g/mol. The molecule has 0 saturated heterocycles. The average Bonchev–Trinajstić information content (AvgIpc) is 2.77. The van der Waals surface area contributed by atoms with Gasteiger partial charge < -0.3 is 47.8 Å². The number of aliphatic carboxylic acids is 2. The van der Waals surface area contributed by atoms with Crippen LogP contribution >= 0.6 is 0 Å². The SMILES string of the molecule is CC(O)C(N)C(=O)NC(Cc1ccc(O)cc1)C(=O)NC(CC(=O)O)C(=O)NC(CC(N)=O)C(=O)O. The van der Waals surface area contributed by atoms with Crippen LogP contribution in [0.1, 0.15) is 25.3 Å². The number of amides is 4. The molecule has 1 aromatic carbocycles. The van der Waals surface area contributed by atoms with Crippen LogP contribution in [0, 0.1) is 0 Å². The van der Waals surface area contributed by atoms with E-state index in [1.165, 1.54) is 31.2 Å². The monoisotopic (exact) mass is 511 g/mol. The van der Waals surface area contributed by atoms with Crippen molar-refractivity contribution in [3.63, 3.8) is 0 Å². The standard InChI is InChI=1S/C21H29N5O10/c1-9(27)17(23)20(34)25-12(6-10-2-4-11(28)5-3-10)18(32)24-13(8-16(30)31)19(33)26-14(21(35)36)7-15(22)29/h2-5,9,12-14,17,27-28H,6-8,23H2,1H3,(H2,22,29)(H,24,32)(H,25,34)(H,26,33)(H,30,31)(H,35,36). The highest BCUT2D eigenvalue weighted by Crippen LogP contribution is 2.12. The van der Waals surface area contributed by atoms with Crippen molar-refractivity contribution in [1.82, 2.24) is 16.0 Å². The molecule has 0 saturated carbocycles. The van der Waals surface area contributed by atoms with Gasteiger partial charge in [0, 0.05) is 6.42 Å². The van der Waals surface area contributed by atoms with Crippen LogP contribution in [0.15, 0.2) is 24.3 Å². The molecule has 4 amide bonds. The number of aliphatic hydroxyl groups excluding tert-OH is 1. The van der Waals surface area contributed by atoms with E-state index in [-0.39, 0.29) is 12.2 Å². The van der Waals surface area contributed by atoms with E-state index in [0.717, 1.165) is 0 Å². The molecule has 15 nitrogen and oxygen atoms in total. The van der Waals surface area contributed by atoms with Gasteiger partial charge in [0.2, 0.25) is 23.6 Å². The first-order valence-corrected chi connectivity index (χ1v) is 10.6. The van der Waals surface area contributed by atoms with Crippen LogP contribution in [0.5, 0.6) is 5.75 Å². The topological polar surface area (TPSA) is 271 Å². The van der Waals surface area contributed by atoms with Crippen molar-refractivity contribution in [3.8, 4) is 5.75 Å². The first-order chi connectivity index (χ1) is 16.7. The molecule has 198 valence electrons. The Labute approximate surface area is 204 Å². The Morgan fingerprint density at radius 1 is 0.833 bits per heavy atom. The third-order valence-corrected chi connectivity index (χ3v) is 4.86. The number of carbonyl (C=O) groups is 6. The number of carboxylic acid groups (broad SMARTS) is 2. The maximum atomic E-state index is 13.0. The lowest BCUT2D eigenvalue weighted by Gasteiger charge is -2.25. The van der Waals surface area contributed by atoms with E-state index in [2.05, 4.69) is 10.6 Å². The van der Waals surface area contributed by atoms with Gasteiger partial charge in [-0.2, -0.15) is 0 Å². The maximum absolute atomic E-state index is 13.0. The largest absolute Gasteiger partial charge is 0.508 e. The first-order valence-electron chi connectivity index (χ1n) is 10.6. The minimum Gasteiger partial charge on any atom is -0.508 e. The van der Waals surface area contributed by atoms with Crippen LogP contribution in [0.4, 0.5) is 0 Å². The summed E-state index contributed by atoms with van der Waals surface area (Å²) in [5, 5.41) is 43.7. The van der Waals surface area contributed by atoms with Crippen molar-refractivity contribution < 1.29 is 49.2 Å². The highest BCUT2D eigenvalue weighted by Gasteiger charge is 2.32. The molecule has 0 aliphatic carbocycles. The van der Waals surface area contributed by atoms with Crippen LogP contribution in [0.2, 0.25) is 0 Å². The van der Waals surface area contributed by atoms with Crippen molar-refractivity contribution in [3.05, 3.63) is 29.8 Å². The molecule has 0 aliphatic heterocycles. The molecule has 0 radical (unpaired) electrons. The predicted octanol–water partition coefficient (Wildman–Crippen LogP) is -3.47.